The van der Waals surface area contributed by atoms with E-state index in [0.717, 1.165) is 15.9 Å². The van der Waals surface area contributed by atoms with Crippen LogP contribution in [0.5, 0.6) is 0 Å². The van der Waals surface area contributed by atoms with E-state index < -0.39 is 0 Å². The highest BCUT2D eigenvalue weighted by molar-refractivity contribution is 9.11. The van der Waals surface area contributed by atoms with Gasteiger partial charge in [-0.3, -0.25) is 0 Å². The Balaban J connectivity index is 1.84. The predicted octanol–water partition coefficient (Wildman–Crippen LogP) is 3.94. The molecule has 16 heavy (non-hydrogen) atoms. The first kappa shape index (κ1) is 11.8. The standard InChI is InChI=1S/C12H11BrFNS/c13-12-5-4-11(16-12)8-15-7-9-2-1-3-10(14)6-9/h1-6,15H,7-8H2. The Hall–Kier alpha value is -0.710. The third kappa shape index (κ3) is 3.40. The average Bonchev–Trinajstić information content (AvgIpc) is 2.64. The molecule has 0 bridgehead atoms. The van der Waals surface area contributed by atoms with Gasteiger partial charge in [-0.2, -0.15) is 0 Å². The van der Waals surface area contributed by atoms with E-state index in [1.165, 1.54) is 10.9 Å². The molecule has 0 spiro atoms. The van der Waals surface area contributed by atoms with Crippen LogP contribution in [0.2, 0.25) is 0 Å². The van der Waals surface area contributed by atoms with Crippen molar-refractivity contribution in [1.82, 2.24) is 5.32 Å². The molecule has 4 heteroatoms. The fourth-order valence-corrected chi connectivity index (χ4v) is 2.88. The monoisotopic (exact) mass is 299 g/mol. The molecule has 2 rings (SSSR count). The summed E-state index contributed by atoms with van der Waals surface area (Å²) in [5.74, 6) is -0.182. The summed E-state index contributed by atoms with van der Waals surface area (Å²) in [6.45, 7) is 1.50. The molecule has 0 aliphatic carbocycles. The zero-order valence-electron chi connectivity index (χ0n) is 8.54. The minimum atomic E-state index is -0.182. The number of hydrogen-bond donors (Lipinski definition) is 1. The largest absolute Gasteiger partial charge is 0.308 e. The molecular weight excluding hydrogens is 289 g/mol. The zero-order chi connectivity index (χ0) is 11.4. The molecule has 0 atom stereocenters. The normalized spacial score (nSPS) is 10.6. The lowest BCUT2D eigenvalue weighted by Crippen LogP contribution is -2.11. The van der Waals surface area contributed by atoms with Gasteiger partial charge >= 0.3 is 0 Å². The summed E-state index contributed by atoms with van der Waals surface area (Å²) in [6.07, 6.45) is 0. The van der Waals surface area contributed by atoms with E-state index in [9.17, 15) is 4.39 Å². The zero-order valence-corrected chi connectivity index (χ0v) is 10.9. The van der Waals surface area contributed by atoms with Crippen LogP contribution in [0.3, 0.4) is 0 Å². The SMILES string of the molecule is Fc1cccc(CNCc2ccc(Br)s2)c1. The summed E-state index contributed by atoms with van der Waals surface area (Å²) >= 11 is 5.13. The van der Waals surface area contributed by atoms with E-state index in [2.05, 4.69) is 27.3 Å². The second kappa shape index (κ2) is 5.57. The van der Waals surface area contributed by atoms with Crippen LogP contribution >= 0.6 is 27.3 Å². The third-order valence-electron chi connectivity index (χ3n) is 2.15. The van der Waals surface area contributed by atoms with Crippen LogP contribution in [0.25, 0.3) is 0 Å². The molecule has 1 aromatic heterocycles. The first-order chi connectivity index (χ1) is 7.74. The van der Waals surface area contributed by atoms with Crippen molar-refractivity contribution in [1.29, 1.82) is 0 Å². The Kier molecular flexibility index (Phi) is 4.09. The molecule has 0 radical (unpaired) electrons. The number of benzene rings is 1. The lowest BCUT2D eigenvalue weighted by molar-refractivity contribution is 0.620. The van der Waals surface area contributed by atoms with Gasteiger partial charge in [-0.1, -0.05) is 12.1 Å². The molecule has 1 N–H and O–H groups in total. The van der Waals surface area contributed by atoms with Crippen molar-refractivity contribution < 1.29 is 4.39 Å². The number of nitrogens with one attached hydrogen (secondary N) is 1. The minimum Gasteiger partial charge on any atom is -0.308 e. The topological polar surface area (TPSA) is 12.0 Å². The molecule has 1 nitrogen and oxygen atoms in total. The molecular formula is C12H11BrFNS. The van der Waals surface area contributed by atoms with Gasteiger partial charge in [-0.05, 0) is 45.8 Å². The van der Waals surface area contributed by atoms with Crippen LogP contribution < -0.4 is 5.32 Å². The Labute approximate surface area is 106 Å². The van der Waals surface area contributed by atoms with Crippen molar-refractivity contribution in [2.24, 2.45) is 0 Å². The molecule has 0 fully saturated rings. The Bertz CT molecular complexity index is 470. The van der Waals surface area contributed by atoms with Crippen molar-refractivity contribution in [3.8, 4) is 0 Å². The Morgan fingerprint density at radius 2 is 2.06 bits per heavy atom. The molecule has 0 saturated heterocycles. The minimum absolute atomic E-state index is 0.182. The van der Waals surface area contributed by atoms with Crippen LogP contribution in [0, 0.1) is 5.82 Å². The van der Waals surface area contributed by atoms with Crippen LogP contribution in [-0.4, -0.2) is 0 Å². The maximum atomic E-state index is 12.9. The first-order valence-electron chi connectivity index (χ1n) is 4.93. The van der Waals surface area contributed by atoms with Crippen LogP contribution in [0.4, 0.5) is 4.39 Å². The smallest absolute Gasteiger partial charge is 0.123 e. The molecule has 1 aromatic carbocycles. The number of hydrogen-bond acceptors (Lipinski definition) is 2. The van der Waals surface area contributed by atoms with Crippen LogP contribution in [0.1, 0.15) is 10.4 Å². The molecule has 0 amide bonds. The van der Waals surface area contributed by atoms with E-state index in [1.807, 2.05) is 12.1 Å². The molecule has 0 aliphatic rings. The summed E-state index contributed by atoms with van der Waals surface area (Å²) in [7, 11) is 0. The van der Waals surface area contributed by atoms with Gasteiger partial charge in [0.1, 0.15) is 5.82 Å². The van der Waals surface area contributed by atoms with E-state index in [1.54, 1.807) is 23.5 Å². The van der Waals surface area contributed by atoms with Crippen molar-refractivity contribution in [2.45, 2.75) is 13.1 Å². The summed E-state index contributed by atoms with van der Waals surface area (Å²) < 4.78 is 14.0. The summed E-state index contributed by atoms with van der Waals surface area (Å²) in [5.41, 5.74) is 0.968. The number of halogens is 2. The lowest BCUT2D eigenvalue weighted by atomic mass is 10.2. The fraction of sp³-hybridized carbons (Fsp3) is 0.167. The van der Waals surface area contributed by atoms with Crippen molar-refractivity contribution in [3.05, 3.63) is 56.4 Å². The van der Waals surface area contributed by atoms with Crippen molar-refractivity contribution in [3.63, 3.8) is 0 Å². The van der Waals surface area contributed by atoms with Gasteiger partial charge in [0.05, 0.1) is 3.79 Å². The maximum Gasteiger partial charge on any atom is 0.123 e. The van der Waals surface area contributed by atoms with E-state index in [4.69, 9.17) is 0 Å². The van der Waals surface area contributed by atoms with Gasteiger partial charge < -0.3 is 5.32 Å². The van der Waals surface area contributed by atoms with Gasteiger partial charge in [0.2, 0.25) is 0 Å². The van der Waals surface area contributed by atoms with Gasteiger partial charge in [0, 0.05) is 18.0 Å². The Morgan fingerprint density at radius 3 is 2.75 bits per heavy atom. The van der Waals surface area contributed by atoms with Crippen LogP contribution in [-0.2, 0) is 13.1 Å². The molecule has 0 aliphatic heterocycles. The number of thiophene rings is 1. The second-order valence-corrected chi connectivity index (χ2v) is 5.99. The van der Waals surface area contributed by atoms with Gasteiger partial charge in [0.15, 0.2) is 0 Å². The molecule has 2 aromatic rings. The lowest BCUT2D eigenvalue weighted by Gasteiger charge is -2.03. The van der Waals surface area contributed by atoms with E-state index in [0.29, 0.717) is 6.54 Å². The predicted molar refractivity (Wildman–Crippen MR) is 69.0 cm³/mol. The highest BCUT2D eigenvalue weighted by Crippen LogP contribution is 2.21. The molecule has 0 unspecified atom stereocenters. The molecule has 0 saturated carbocycles. The van der Waals surface area contributed by atoms with Gasteiger partial charge in [-0.15, -0.1) is 11.3 Å². The molecule has 84 valence electrons. The van der Waals surface area contributed by atoms with Crippen molar-refractivity contribution in [2.75, 3.05) is 0 Å². The van der Waals surface area contributed by atoms with E-state index >= 15 is 0 Å². The number of rotatable bonds is 4. The summed E-state index contributed by atoms with van der Waals surface area (Å²) in [4.78, 5) is 1.27. The average molecular weight is 300 g/mol. The molecule has 1 heterocycles. The second-order valence-electron chi connectivity index (χ2n) is 3.44. The highest BCUT2D eigenvalue weighted by Gasteiger charge is 1.98. The van der Waals surface area contributed by atoms with Crippen LogP contribution in [0.15, 0.2) is 40.2 Å². The van der Waals surface area contributed by atoms with Gasteiger partial charge in [-0.25, -0.2) is 4.39 Å². The quantitative estimate of drug-likeness (QED) is 0.902. The third-order valence-corrected chi connectivity index (χ3v) is 3.77. The summed E-state index contributed by atoms with van der Waals surface area (Å²) in [6, 6.07) is 10.8. The first-order valence-corrected chi connectivity index (χ1v) is 6.54. The maximum absolute atomic E-state index is 12.9. The van der Waals surface area contributed by atoms with E-state index in [-0.39, 0.29) is 5.82 Å². The highest BCUT2D eigenvalue weighted by atomic mass is 79.9. The van der Waals surface area contributed by atoms with Gasteiger partial charge in [0.25, 0.3) is 0 Å². The van der Waals surface area contributed by atoms with Crippen molar-refractivity contribution >= 4 is 27.3 Å². The summed E-state index contributed by atoms with van der Waals surface area (Å²) in [5, 5.41) is 3.28. The fourth-order valence-electron chi connectivity index (χ4n) is 1.42. The Morgan fingerprint density at radius 1 is 1.19 bits per heavy atom.